The Morgan fingerprint density at radius 3 is 2.88 bits per heavy atom. The van der Waals surface area contributed by atoms with Crippen LogP contribution >= 0.6 is 0 Å². The van der Waals surface area contributed by atoms with Gasteiger partial charge in [-0.1, -0.05) is 19.1 Å². The van der Waals surface area contributed by atoms with Gasteiger partial charge in [0.2, 0.25) is 0 Å². The molecule has 1 unspecified atom stereocenters. The van der Waals surface area contributed by atoms with Crippen LogP contribution in [0.4, 0.5) is 4.39 Å². The summed E-state index contributed by atoms with van der Waals surface area (Å²) in [4.78, 5) is 2.42. The molecule has 1 N–H and O–H groups in total. The normalized spacial score (nSPS) is 20.1. The third-order valence-corrected chi connectivity index (χ3v) is 3.58. The van der Waals surface area contributed by atoms with E-state index in [2.05, 4.69) is 17.1 Å². The van der Waals surface area contributed by atoms with Crippen molar-refractivity contribution >= 4 is 0 Å². The summed E-state index contributed by atoms with van der Waals surface area (Å²) >= 11 is 0. The summed E-state index contributed by atoms with van der Waals surface area (Å²) < 4.78 is 13.5. The van der Waals surface area contributed by atoms with Gasteiger partial charge in [-0.05, 0) is 43.6 Å². The van der Waals surface area contributed by atoms with Crippen molar-refractivity contribution in [1.82, 2.24) is 10.2 Å². The van der Waals surface area contributed by atoms with E-state index in [4.69, 9.17) is 0 Å². The smallest absolute Gasteiger partial charge is 0.126 e. The second-order valence-corrected chi connectivity index (χ2v) is 4.79. The fourth-order valence-electron chi connectivity index (χ4n) is 2.42. The first-order chi connectivity index (χ1) is 8.20. The molecule has 0 amide bonds. The van der Waals surface area contributed by atoms with E-state index in [9.17, 15) is 4.39 Å². The number of halogens is 1. The van der Waals surface area contributed by atoms with E-state index in [1.807, 2.05) is 12.1 Å². The van der Waals surface area contributed by atoms with Gasteiger partial charge in [0, 0.05) is 19.1 Å². The molecule has 0 aliphatic carbocycles. The molecule has 0 radical (unpaired) electrons. The average Bonchev–Trinajstić information content (AvgIpc) is 2.84. The highest BCUT2D eigenvalue weighted by Crippen LogP contribution is 2.15. The molecule has 1 saturated heterocycles. The van der Waals surface area contributed by atoms with Gasteiger partial charge in [0.15, 0.2) is 0 Å². The molecular formula is C14H21FN2. The molecule has 3 heteroatoms. The largest absolute Gasteiger partial charge is 0.315 e. The number of nitrogens with one attached hydrogen (secondary N) is 1. The molecule has 1 heterocycles. The maximum Gasteiger partial charge on any atom is 0.126 e. The summed E-state index contributed by atoms with van der Waals surface area (Å²) in [6.45, 7) is 7.99. The zero-order valence-corrected chi connectivity index (χ0v) is 10.7. The van der Waals surface area contributed by atoms with Crippen LogP contribution in [0.1, 0.15) is 24.5 Å². The predicted molar refractivity (Wildman–Crippen MR) is 68.5 cm³/mol. The summed E-state index contributed by atoms with van der Waals surface area (Å²) in [5.41, 5.74) is 1.79. The summed E-state index contributed by atoms with van der Waals surface area (Å²) in [6, 6.07) is 6.17. The maximum atomic E-state index is 13.5. The van der Waals surface area contributed by atoms with E-state index in [1.54, 1.807) is 13.0 Å². The molecule has 1 aliphatic heterocycles. The zero-order chi connectivity index (χ0) is 12.3. The summed E-state index contributed by atoms with van der Waals surface area (Å²) in [6.07, 6.45) is 1.20. The first kappa shape index (κ1) is 12.5. The molecule has 1 aromatic rings. The number of hydrogen-bond donors (Lipinski definition) is 1. The van der Waals surface area contributed by atoms with Gasteiger partial charge in [0.1, 0.15) is 5.82 Å². The lowest BCUT2D eigenvalue weighted by Crippen LogP contribution is -2.36. The molecule has 0 aromatic heterocycles. The number of nitrogens with zero attached hydrogens (tertiary/aromatic N) is 1. The van der Waals surface area contributed by atoms with Crippen molar-refractivity contribution in [3.8, 4) is 0 Å². The fourth-order valence-corrected chi connectivity index (χ4v) is 2.42. The summed E-state index contributed by atoms with van der Waals surface area (Å²) in [5.74, 6) is -0.0944. The molecule has 94 valence electrons. The maximum absolute atomic E-state index is 13.5. The minimum Gasteiger partial charge on any atom is -0.315 e. The van der Waals surface area contributed by atoms with Crippen LogP contribution in [-0.4, -0.2) is 30.6 Å². The molecule has 0 bridgehead atoms. The number of aryl methyl sites for hydroxylation is 1. The number of rotatable bonds is 4. The lowest BCUT2D eigenvalue weighted by atomic mass is 10.1. The highest BCUT2D eigenvalue weighted by molar-refractivity contribution is 5.23. The van der Waals surface area contributed by atoms with Crippen LogP contribution in [0.5, 0.6) is 0 Å². The predicted octanol–water partition coefficient (Wildman–Crippen LogP) is 2.32. The quantitative estimate of drug-likeness (QED) is 0.863. The molecular weight excluding hydrogens is 215 g/mol. The second kappa shape index (κ2) is 5.61. The van der Waals surface area contributed by atoms with Gasteiger partial charge in [-0.25, -0.2) is 4.39 Å². The van der Waals surface area contributed by atoms with E-state index < -0.39 is 0 Å². The highest BCUT2D eigenvalue weighted by atomic mass is 19.1. The molecule has 0 spiro atoms. The first-order valence-electron chi connectivity index (χ1n) is 6.40. The van der Waals surface area contributed by atoms with Gasteiger partial charge in [-0.15, -0.1) is 0 Å². The minimum atomic E-state index is -0.0944. The van der Waals surface area contributed by atoms with Crippen LogP contribution in [0.25, 0.3) is 0 Å². The molecule has 2 nitrogen and oxygen atoms in total. The lowest BCUT2D eigenvalue weighted by Gasteiger charge is -2.27. The highest BCUT2D eigenvalue weighted by Gasteiger charge is 2.21. The van der Waals surface area contributed by atoms with Crippen molar-refractivity contribution in [2.45, 2.75) is 32.9 Å². The van der Waals surface area contributed by atoms with Gasteiger partial charge in [0.25, 0.3) is 0 Å². The fraction of sp³-hybridized carbons (Fsp3) is 0.571. The van der Waals surface area contributed by atoms with Crippen molar-refractivity contribution in [2.75, 3.05) is 19.6 Å². The van der Waals surface area contributed by atoms with Crippen molar-refractivity contribution in [1.29, 1.82) is 0 Å². The zero-order valence-electron chi connectivity index (χ0n) is 10.7. The van der Waals surface area contributed by atoms with E-state index >= 15 is 0 Å². The Morgan fingerprint density at radius 1 is 1.47 bits per heavy atom. The standard InChI is InChI=1S/C14H21FN2/c1-3-17(13-6-7-16-9-13)10-12-5-4-11(2)14(15)8-12/h4-5,8,13,16H,3,6-7,9-10H2,1-2H3. The Kier molecular flexibility index (Phi) is 4.13. The third-order valence-electron chi connectivity index (χ3n) is 3.58. The number of hydrogen-bond acceptors (Lipinski definition) is 2. The summed E-state index contributed by atoms with van der Waals surface area (Å²) in [7, 11) is 0. The Morgan fingerprint density at radius 2 is 2.29 bits per heavy atom. The number of likely N-dealkylation sites (N-methyl/N-ethyl adjacent to an activating group) is 1. The molecule has 0 saturated carbocycles. The Balaban J connectivity index is 2.04. The van der Waals surface area contributed by atoms with Crippen molar-refractivity contribution in [2.24, 2.45) is 0 Å². The van der Waals surface area contributed by atoms with Crippen LogP contribution in [-0.2, 0) is 6.54 Å². The van der Waals surface area contributed by atoms with Crippen molar-refractivity contribution in [3.05, 3.63) is 35.1 Å². The SMILES string of the molecule is CCN(Cc1ccc(C)c(F)c1)C1CCNC1. The lowest BCUT2D eigenvalue weighted by molar-refractivity contribution is 0.210. The molecule has 1 aliphatic rings. The molecule has 2 rings (SSSR count). The van der Waals surface area contributed by atoms with Crippen LogP contribution in [0, 0.1) is 12.7 Å². The number of benzene rings is 1. The molecule has 1 atom stereocenters. The van der Waals surface area contributed by atoms with E-state index in [0.29, 0.717) is 6.04 Å². The Hall–Kier alpha value is -0.930. The van der Waals surface area contributed by atoms with Crippen LogP contribution in [0.15, 0.2) is 18.2 Å². The molecule has 17 heavy (non-hydrogen) atoms. The topological polar surface area (TPSA) is 15.3 Å². The summed E-state index contributed by atoms with van der Waals surface area (Å²) in [5, 5.41) is 3.38. The van der Waals surface area contributed by atoms with Gasteiger partial charge >= 0.3 is 0 Å². The second-order valence-electron chi connectivity index (χ2n) is 4.79. The Bertz CT molecular complexity index is 372. The van der Waals surface area contributed by atoms with E-state index in [1.165, 1.54) is 6.42 Å². The molecule has 1 fully saturated rings. The van der Waals surface area contributed by atoms with Gasteiger partial charge in [0.05, 0.1) is 0 Å². The Labute approximate surface area is 103 Å². The van der Waals surface area contributed by atoms with E-state index in [-0.39, 0.29) is 5.82 Å². The van der Waals surface area contributed by atoms with Crippen LogP contribution < -0.4 is 5.32 Å². The van der Waals surface area contributed by atoms with Gasteiger partial charge in [-0.2, -0.15) is 0 Å². The first-order valence-corrected chi connectivity index (χ1v) is 6.40. The van der Waals surface area contributed by atoms with E-state index in [0.717, 1.165) is 37.3 Å². The van der Waals surface area contributed by atoms with Gasteiger partial charge in [-0.3, -0.25) is 4.90 Å². The van der Waals surface area contributed by atoms with Crippen LogP contribution in [0.3, 0.4) is 0 Å². The minimum absolute atomic E-state index is 0.0944. The van der Waals surface area contributed by atoms with Crippen molar-refractivity contribution in [3.63, 3.8) is 0 Å². The monoisotopic (exact) mass is 236 g/mol. The van der Waals surface area contributed by atoms with Crippen molar-refractivity contribution < 1.29 is 4.39 Å². The molecule has 1 aromatic carbocycles. The van der Waals surface area contributed by atoms with Crippen LogP contribution in [0.2, 0.25) is 0 Å². The van der Waals surface area contributed by atoms with Gasteiger partial charge < -0.3 is 5.32 Å². The average molecular weight is 236 g/mol. The third kappa shape index (κ3) is 3.05.